The second-order valence-electron chi connectivity index (χ2n) is 10.7. The van der Waals surface area contributed by atoms with Gasteiger partial charge in [-0.05, 0) is 61.4 Å². The molecule has 0 unspecified atom stereocenters. The number of nitrogens with two attached hydrogens (primary N) is 1. The molecular weight excluding hydrogens is 500 g/mol. The minimum Gasteiger partial charge on any atom is -0.390 e. The van der Waals surface area contributed by atoms with E-state index in [-0.39, 0.29) is 24.9 Å². The standard InChI is InChI=1S/C29H42N4O4S/c1-7-31-16-26(32-30)19-37-28(29(5,6)22(4)34)24-13-12-21(3)25(15-24)18-33-17-20(2)14-23-10-8-9-11-27(23)38(33,35)36/h8-13,15-16,20,28,31-32H,7,14,17-19,30H2,1-6H3/b26-16-/t20-,28+/m0/s1. The molecule has 0 bridgehead atoms. The summed E-state index contributed by atoms with van der Waals surface area (Å²) in [5.74, 6) is 5.84. The Hall–Kier alpha value is -2.72. The summed E-state index contributed by atoms with van der Waals surface area (Å²) in [5, 5.41) is 3.10. The van der Waals surface area contributed by atoms with Gasteiger partial charge in [-0.1, -0.05) is 57.2 Å². The molecule has 38 heavy (non-hydrogen) atoms. The molecule has 1 aliphatic rings. The van der Waals surface area contributed by atoms with Gasteiger partial charge in [0, 0.05) is 25.8 Å². The van der Waals surface area contributed by atoms with Gasteiger partial charge in [0.1, 0.15) is 5.78 Å². The van der Waals surface area contributed by atoms with Crippen LogP contribution in [0.5, 0.6) is 0 Å². The van der Waals surface area contributed by atoms with Crippen LogP contribution in [-0.2, 0) is 32.5 Å². The number of hydrogen-bond donors (Lipinski definition) is 3. The third-order valence-corrected chi connectivity index (χ3v) is 9.24. The Morgan fingerprint density at radius 2 is 1.97 bits per heavy atom. The predicted octanol–water partition coefficient (Wildman–Crippen LogP) is 3.97. The molecule has 3 rings (SSSR count). The van der Waals surface area contributed by atoms with Crippen LogP contribution in [0.1, 0.15) is 63.0 Å². The lowest BCUT2D eigenvalue weighted by atomic mass is 9.78. The number of ether oxygens (including phenoxy) is 1. The van der Waals surface area contributed by atoms with E-state index in [1.807, 2.05) is 58.0 Å². The molecule has 0 radical (unpaired) electrons. The Morgan fingerprint density at radius 1 is 1.26 bits per heavy atom. The first-order valence-corrected chi connectivity index (χ1v) is 14.5. The summed E-state index contributed by atoms with van der Waals surface area (Å²) in [7, 11) is -3.66. The highest BCUT2D eigenvalue weighted by atomic mass is 32.2. The number of hydrogen-bond acceptors (Lipinski definition) is 7. The topological polar surface area (TPSA) is 114 Å². The van der Waals surface area contributed by atoms with Crippen LogP contribution >= 0.6 is 0 Å². The van der Waals surface area contributed by atoms with Gasteiger partial charge in [-0.3, -0.25) is 10.6 Å². The van der Waals surface area contributed by atoms with Gasteiger partial charge < -0.3 is 15.5 Å². The van der Waals surface area contributed by atoms with Crippen molar-refractivity contribution in [1.82, 2.24) is 15.0 Å². The lowest BCUT2D eigenvalue weighted by molar-refractivity contribution is -0.134. The average Bonchev–Trinajstić information content (AvgIpc) is 2.96. The largest absolute Gasteiger partial charge is 0.390 e. The van der Waals surface area contributed by atoms with Crippen LogP contribution in [0.2, 0.25) is 0 Å². The quantitative estimate of drug-likeness (QED) is 0.291. The molecule has 0 spiro atoms. The van der Waals surface area contributed by atoms with Gasteiger partial charge in [-0.25, -0.2) is 8.42 Å². The van der Waals surface area contributed by atoms with E-state index < -0.39 is 21.5 Å². The van der Waals surface area contributed by atoms with Crippen LogP contribution in [0.15, 0.2) is 59.3 Å². The number of hydrazine groups is 1. The normalized spacial score (nSPS) is 18.8. The summed E-state index contributed by atoms with van der Waals surface area (Å²) < 4.78 is 35.2. The zero-order valence-corrected chi connectivity index (χ0v) is 24.2. The number of ketones is 1. The van der Waals surface area contributed by atoms with Crippen LogP contribution in [-0.4, -0.2) is 38.2 Å². The maximum absolute atomic E-state index is 13.7. The molecule has 1 heterocycles. The summed E-state index contributed by atoms with van der Waals surface area (Å²) in [4.78, 5) is 13.1. The Balaban J connectivity index is 1.98. The van der Waals surface area contributed by atoms with E-state index in [0.29, 0.717) is 23.6 Å². The third-order valence-electron chi connectivity index (χ3n) is 7.33. The first-order chi connectivity index (χ1) is 17.9. The Morgan fingerprint density at radius 3 is 2.63 bits per heavy atom. The number of carbonyl (C=O) groups excluding carboxylic acids is 1. The predicted molar refractivity (Wildman–Crippen MR) is 150 cm³/mol. The molecule has 4 N–H and O–H groups in total. The van der Waals surface area contributed by atoms with Crippen molar-refractivity contribution in [2.75, 3.05) is 19.7 Å². The molecular formula is C29H42N4O4S. The Labute approximate surface area is 227 Å². The number of rotatable bonds is 11. The van der Waals surface area contributed by atoms with E-state index in [0.717, 1.165) is 28.8 Å². The summed E-state index contributed by atoms with van der Waals surface area (Å²) in [6.45, 7) is 12.9. The zero-order valence-electron chi connectivity index (χ0n) is 23.4. The SMILES string of the molecule is CCN/C=C(/CO[C@H](c1ccc(C)c(CN2C[C@@H](C)Cc3ccccc3S2(=O)=O)c1)C(C)(C)C(C)=O)NN. The maximum atomic E-state index is 13.7. The first-order valence-electron chi connectivity index (χ1n) is 13.1. The molecule has 0 amide bonds. The molecule has 9 heteroatoms. The zero-order chi connectivity index (χ0) is 28.1. The summed E-state index contributed by atoms with van der Waals surface area (Å²) in [6.07, 6.45) is 1.89. The molecule has 0 fully saturated rings. The molecule has 0 saturated heterocycles. The summed E-state index contributed by atoms with van der Waals surface area (Å²) in [5.41, 5.74) is 5.99. The molecule has 2 aromatic carbocycles. The van der Waals surface area contributed by atoms with Crippen LogP contribution < -0.4 is 16.6 Å². The summed E-state index contributed by atoms with van der Waals surface area (Å²) in [6, 6.07) is 13.2. The Kier molecular flexibility index (Phi) is 9.75. The van der Waals surface area contributed by atoms with Gasteiger partial charge in [0.05, 0.1) is 28.7 Å². The van der Waals surface area contributed by atoms with Crippen molar-refractivity contribution >= 4 is 15.8 Å². The number of aryl methyl sites for hydroxylation is 1. The average molecular weight is 543 g/mol. The second kappa shape index (κ2) is 12.4. The number of Topliss-reactive ketones (excluding diaryl/α,β-unsaturated/α-hetero) is 1. The van der Waals surface area contributed by atoms with Crippen molar-refractivity contribution in [3.05, 3.63) is 76.6 Å². The molecule has 208 valence electrons. The van der Waals surface area contributed by atoms with E-state index in [4.69, 9.17) is 10.6 Å². The number of nitrogens with zero attached hydrogens (tertiary/aromatic N) is 1. The van der Waals surface area contributed by atoms with Crippen molar-refractivity contribution in [3.8, 4) is 0 Å². The van der Waals surface area contributed by atoms with E-state index >= 15 is 0 Å². The number of carbonyl (C=O) groups is 1. The van der Waals surface area contributed by atoms with E-state index in [1.165, 1.54) is 0 Å². The number of nitrogens with one attached hydrogen (secondary N) is 2. The van der Waals surface area contributed by atoms with Gasteiger partial charge in [0.2, 0.25) is 10.0 Å². The fourth-order valence-corrected chi connectivity index (χ4v) is 6.51. The van der Waals surface area contributed by atoms with E-state index in [1.54, 1.807) is 29.6 Å². The highest BCUT2D eigenvalue weighted by Crippen LogP contribution is 2.39. The minimum absolute atomic E-state index is 0.0110. The van der Waals surface area contributed by atoms with Crippen molar-refractivity contribution in [1.29, 1.82) is 0 Å². The fraction of sp³-hybridized carbons (Fsp3) is 0.483. The van der Waals surface area contributed by atoms with Crippen LogP contribution in [0.4, 0.5) is 0 Å². The van der Waals surface area contributed by atoms with E-state index in [2.05, 4.69) is 17.7 Å². The molecule has 0 saturated carbocycles. The molecule has 2 atom stereocenters. The van der Waals surface area contributed by atoms with Crippen molar-refractivity contribution < 1.29 is 17.9 Å². The molecule has 1 aliphatic heterocycles. The van der Waals surface area contributed by atoms with Crippen LogP contribution in [0.3, 0.4) is 0 Å². The van der Waals surface area contributed by atoms with Crippen LogP contribution in [0, 0.1) is 18.3 Å². The summed E-state index contributed by atoms with van der Waals surface area (Å²) >= 11 is 0. The molecule has 8 nitrogen and oxygen atoms in total. The Bertz CT molecular complexity index is 1270. The van der Waals surface area contributed by atoms with E-state index in [9.17, 15) is 13.2 Å². The first kappa shape index (κ1) is 29.8. The molecule has 0 aromatic heterocycles. The highest BCUT2D eigenvalue weighted by molar-refractivity contribution is 7.89. The van der Waals surface area contributed by atoms with Crippen LogP contribution in [0.25, 0.3) is 0 Å². The van der Waals surface area contributed by atoms with Crippen molar-refractivity contribution in [2.45, 2.75) is 65.5 Å². The van der Waals surface area contributed by atoms with Gasteiger partial charge in [0.25, 0.3) is 0 Å². The number of benzene rings is 2. The van der Waals surface area contributed by atoms with Gasteiger partial charge in [-0.15, -0.1) is 0 Å². The smallest absolute Gasteiger partial charge is 0.243 e. The van der Waals surface area contributed by atoms with Gasteiger partial charge >= 0.3 is 0 Å². The number of fused-ring (bicyclic) bond motifs is 1. The lowest BCUT2D eigenvalue weighted by Gasteiger charge is -2.33. The van der Waals surface area contributed by atoms with Gasteiger partial charge in [-0.2, -0.15) is 4.31 Å². The monoisotopic (exact) mass is 542 g/mol. The second-order valence-corrected chi connectivity index (χ2v) is 12.6. The van der Waals surface area contributed by atoms with Crippen molar-refractivity contribution in [3.63, 3.8) is 0 Å². The highest BCUT2D eigenvalue weighted by Gasteiger charge is 2.37. The lowest BCUT2D eigenvalue weighted by Crippen LogP contribution is -2.34. The van der Waals surface area contributed by atoms with Gasteiger partial charge in [0.15, 0.2) is 0 Å². The maximum Gasteiger partial charge on any atom is 0.243 e. The fourth-order valence-electron chi connectivity index (χ4n) is 4.74. The molecule has 2 aromatic rings. The minimum atomic E-state index is -3.66. The molecule has 0 aliphatic carbocycles. The van der Waals surface area contributed by atoms with Crippen molar-refractivity contribution in [2.24, 2.45) is 17.2 Å². The number of sulfonamides is 1. The third kappa shape index (κ3) is 6.64.